The molecule has 0 fully saturated rings. The van der Waals surface area contributed by atoms with Crippen molar-refractivity contribution < 1.29 is 18.3 Å². The highest BCUT2D eigenvalue weighted by molar-refractivity contribution is 7.80. The molecule has 4 nitrogen and oxygen atoms in total. The topological polar surface area (TPSA) is 42.5 Å². The predicted molar refractivity (Wildman–Crippen MR) is 98.7 cm³/mol. The summed E-state index contributed by atoms with van der Waals surface area (Å²) in [5.41, 5.74) is 2.98. The standard InChI is InChI=1S/C18H20F2N2O2S/c1-12-5-3-4-6-14(12)22-18(25)21-10-9-13-7-8-15(24-17(19)20)16(11-13)23-2/h3-8,11,17H,9-10H2,1-2H3,(H2,21,22,25). The van der Waals surface area contributed by atoms with Crippen molar-refractivity contribution in [1.82, 2.24) is 5.32 Å². The molecule has 0 unspecified atom stereocenters. The Morgan fingerprint density at radius 1 is 1.16 bits per heavy atom. The maximum absolute atomic E-state index is 12.3. The highest BCUT2D eigenvalue weighted by atomic mass is 32.1. The van der Waals surface area contributed by atoms with Crippen molar-refractivity contribution in [3.63, 3.8) is 0 Å². The largest absolute Gasteiger partial charge is 0.493 e. The Balaban J connectivity index is 1.87. The summed E-state index contributed by atoms with van der Waals surface area (Å²) in [6.45, 7) is -0.290. The van der Waals surface area contributed by atoms with Gasteiger partial charge >= 0.3 is 6.61 Å². The van der Waals surface area contributed by atoms with Gasteiger partial charge in [-0.25, -0.2) is 0 Å². The fraction of sp³-hybridized carbons (Fsp3) is 0.278. The Morgan fingerprint density at radius 3 is 2.60 bits per heavy atom. The van der Waals surface area contributed by atoms with Crippen LogP contribution in [0.15, 0.2) is 42.5 Å². The van der Waals surface area contributed by atoms with Crippen LogP contribution in [0.5, 0.6) is 11.5 Å². The van der Waals surface area contributed by atoms with Crippen LogP contribution in [0.1, 0.15) is 11.1 Å². The molecule has 0 aliphatic rings. The zero-order valence-corrected chi connectivity index (χ0v) is 14.8. The summed E-state index contributed by atoms with van der Waals surface area (Å²) in [7, 11) is 1.41. The molecule has 2 aromatic carbocycles. The first kappa shape index (κ1) is 18.9. The molecular formula is C18H20F2N2O2S. The molecule has 0 aromatic heterocycles. The number of hydrogen-bond donors (Lipinski definition) is 2. The van der Waals surface area contributed by atoms with E-state index >= 15 is 0 Å². The second kappa shape index (κ2) is 9.17. The number of alkyl halides is 2. The van der Waals surface area contributed by atoms with Gasteiger partial charge in [0.1, 0.15) is 0 Å². The third-order valence-electron chi connectivity index (χ3n) is 3.54. The number of rotatable bonds is 7. The maximum Gasteiger partial charge on any atom is 0.387 e. The minimum absolute atomic E-state index is 0.0194. The van der Waals surface area contributed by atoms with Crippen molar-refractivity contribution in [1.29, 1.82) is 0 Å². The lowest BCUT2D eigenvalue weighted by molar-refractivity contribution is -0.0512. The fourth-order valence-electron chi connectivity index (χ4n) is 2.26. The number of methoxy groups -OCH3 is 1. The second-order valence-electron chi connectivity index (χ2n) is 5.31. The van der Waals surface area contributed by atoms with Crippen LogP contribution in [0.25, 0.3) is 0 Å². The lowest BCUT2D eigenvalue weighted by atomic mass is 10.1. The average molecular weight is 366 g/mol. The molecule has 0 saturated carbocycles. The molecule has 2 N–H and O–H groups in total. The number of aryl methyl sites for hydroxylation is 1. The van der Waals surface area contributed by atoms with Crippen LogP contribution < -0.4 is 20.1 Å². The highest BCUT2D eigenvalue weighted by Crippen LogP contribution is 2.29. The van der Waals surface area contributed by atoms with Gasteiger partial charge in [-0.15, -0.1) is 0 Å². The SMILES string of the molecule is COc1cc(CCNC(=S)Nc2ccccc2C)ccc1OC(F)F. The lowest BCUT2D eigenvalue weighted by Gasteiger charge is -2.13. The van der Waals surface area contributed by atoms with E-state index in [1.54, 1.807) is 12.1 Å². The van der Waals surface area contributed by atoms with E-state index in [0.717, 1.165) is 16.8 Å². The molecule has 134 valence electrons. The summed E-state index contributed by atoms with van der Waals surface area (Å²) in [4.78, 5) is 0. The van der Waals surface area contributed by atoms with Gasteiger partial charge in [0.2, 0.25) is 0 Å². The average Bonchev–Trinajstić information content (AvgIpc) is 2.57. The van der Waals surface area contributed by atoms with Gasteiger partial charge in [-0.05, 0) is 54.9 Å². The molecule has 0 atom stereocenters. The summed E-state index contributed by atoms with van der Waals surface area (Å²) < 4.78 is 34.2. The molecule has 0 radical (unpaired) electrons. The number of para-hydroxylation sites is 1. The van der Waals surface area contributed by atoms with Crippen LogP contribution >= 0.6 is 12.2 Å². The van der Waals surface area contributed by atoms with Gasteiger partial charge in [-0.2, -0.15) is 8.78 Å². The molecule has 0 bridgehead atoms. The van der Waals surface area contributed by atoms with E-state index in [9.17, 15) is 8.78 Å². The summed E-state index contributed by atoms with van der Waals surface area (Å²) in [5.74, 6) is 0.296. The molecular weight excluding hydrogens is 346 g/mol. The van der Waals surface area contributed by atoms with Crippen LogP contribution in [0.3, 0.4) is 0 Å². The zero-order chi connectivity index (χ0) is 18.2. The zero-order valence-electron chi connectivity index (χ0n) is 14.0. The van der Waals surface area contributed by atoms with Gasteiger partial charge in [0.15, 0.2) is 16.6 Å². The number of anilines is 1. The van der Waals surface area contributed by atoms with E-state index in [1.807, 2.05) is 31.2 Å². The molecule has 2 aromatic rings. The number of halogens is 2. The first-order chi connectivity index (χ1) is 12.0. The first-order valence-corrected chi connectivity index (χ1v) is 8.12. The molecule has 0 heterocycles. The van der Waals surface area contributed by atoms with Crippen LogP contribution in [-0.4, -0.2) is 25.4 Å². The van der Waals surface area contributed by atoms with Gasteiger partial charge in [0.25, 0.3) is 0 Å². The molecule has 2 rings (SSSR count). The summed E-state index contributed by atoms with van der Waals surface area (Å²) in [5, 5.41) is 6.79. The van der Waals surface area contributed by atoms with Crippen molar-refractivity contribution in [3.8, 4) is 11.5 Å². The third-order valence-corrected chi connectivity index (χ3v) is 3.78. The van der Waals surface area contributed by atoms with Crippen molar-refractivity contribution >= 4 is 23.0 Å². The summed E-state index contributed by atoms with van der Waals surface area (Å²) >= 11 is 5.28. The molecule has 0 spiro atoms. The van der Waals surface area contributed by atoms with Crippen molar-refractivity contribution in [2.75, 3.05) is 19.0 Å². The minimum atomic E-state index is -2.88. The Kier molecular flexibility index (Phi) is 6.94. The Morgan fingerprint density at radius 2 is 1.92 bits per heavy atom. The van der Waals surface area contributed by atoms with E-state index in [2.05, 4.69) is 15.4 Å². The van der Waals surface area contributed by atoms with Gasteiger partial charge < -0.3 is 20.1 Å². The third kappa shape index (κ3) is 5.86. The fourth-order valence-corrected chi connectivity index (χ4v) is 2.47. The minimum Gasteiger partial charge on any atom is -0.493 e. The Labute approximate surface area is 151 Å². The Bertz CT molecular complexity index is 726. The number of nitrogens with one attached hydrogen (secondary N) is 2. The smallest absolute Gasteiger partial charge is 0.387 e. The highest BCUT2D eigenvalue weighted by Gasteiger charge is 2.11. The summed E-state index contributed by atoms with van der Waals surface area (Å²) in [6, 6.07) is 12.7. The quantitative estimate of drug-likeness (QED) is 0.721. The number of ether oxygens (including phenoxy) is 2. The monoisotopic (exact) mass is 366 g/mol. The van der Waals surface area contributed by atoms with Gasteiger partial charge in [0.05, 0.1) is 7.11 Å². The molecule has 7 heteroatoms. The Hall–Kier alpha value is -2.41. The summed E-state index contributed by atoms with van der Waals surface area (Å²) in [6.07, 6.45) is 0.654. The van der Waals surface area contributed by atoms with Crippen LogP contribution in [0.2, 0.25) is 0 Å². The predicted octanol–water partition coefficient (Wildman–Crippen LogP) is 4.13. The van der Waals surface area contributed by atoms with Crippen LogP contribution in [0, 0.1) is 6.92 Å². The van der Waals surface area contributed by atoms with Gasteiger partial charge in [0, 0.05) is 12.2 Å². The maximum atomic E-state index is 12.3. The molecule has 0 aliphatic heterocycles. The van der Waals surface area contributed by atoms with Crippen LogP contribution in [-0.2, 0) is 6.42 Å². The number of benzene rings is 2. The van der Waals surface area contributed by atoms with Gasteiger partial charge in [-0.1, -0.05) is 24.3 Å². The van der Waals surface area contributed by atoms with Crippen molar-refractivity contribution in [3.05, 3.63) is 53.6 Å². The van der Waals surface area contributed by atoms with Gasteiger partial charge in [-0.3, -0.25) is 0 Å². The molecule has 0 aliphatic carbocycles. The molecule has 0 saturated heterocycles. The lowest BCUT2D eigenvalue weighted by Crippen LogP contribution is -2.30. The molecule has 0 amide bonds. The molecule has 25 heavy (non-hydrogen) atoms. The van der Waals surface area contributed by atoms with E-state index in [-0.39, 0.29) is 11.5 Å². The van der Waals surface area contributed by atoms with E-state index in [0.29, 0.717) is 18.1 Å². The normalized spacial score (nSPS) is 10.4. The van der Waals surface area contributed by atoms with E-state index < -0.39 is 6.61 Å². The number of hydrogen-bond acceptors (Lipinski definition) is 3. The number of thiocarbonyl (C=S) groups is 1. The van der Waals surface area contributed by atoms with E-state index in [1.165, 1.54) is 13.2 Å². The second-order valence-corrected chi connectivity index (χ2v) is 5.72. The van der Waals surface area contributed by atoms with E-state index in [4.69, 9.17) is 17.0 Å². The first-order valence-electron chi connectivity index (χ1n) is 7.72. The van der Waals surface area contributed by atoms with Crippen molar-refractivity contribution in [2.24, 2.45) is 0 Å². The van der Waals surface area contributed by atoms with Crippen molar-refractivity contribution in [2.45, 2.75) is 20.0 Å². The van der Waals surface area contributed by atoms with Crippen LogP contribution in [0.4, 0.5) is 14.5 Å².